The number of hydrogen-bond donors (Lipinski definition) is 1. The Hall–Kier alpha value is -3.57. The van der Waals surface area contributed by atoms with E-state index in [1.807, 2.05) is 29.2 Å². The second-order valence-electron chi connectivity index (χ2n) is 9.22. The van der Waals surface area contributed by atoms with Crippen LogP contribution in [0.2, 0.25) is 0 Å². The van der Waals surface area contributed by atoms with Crippen molar-refractivity contribution < 1.29 is 14.3 Å². The van der Waals surface area contributed by atoms with Crippen LogP contribution in [0.25, 0.3) is 16.7 Å². The third-order valence-electron chi connectivity index (χ3n) is 6.81. The molecule has 180 valence electrons. The zero-order valence-electron chi connectivity index (χ0n) is 20.4. The minimum Gasteiger partial charge on any atom is -0.497 e. The molecule has 35 heavy (non-hydrogen) atoms. The summed E-state index contributed by atoms with van der Waals surface area (Å²) >= 11 is 0. The van der Waals surface area contributed by atoms with Crippen LogP contribution in [0.1, 0.15) is 30.4 Å². The van der Waals surface area contributed by atoms with E-state index in [0.717, 1.165) is 59.6 Å². The van der Waals surface area contributed by atoms with E-state index >= 15 is 0 Å². The van der Waals surface area contributed by atoms with Crippen LogP contribution in [0.15, 0.2) is 78.4 Å². The molecule has 5 nitrogen and oxygen atoms in total. The van der Waals surface area contributed by atoms with Crippen LogP contribution < -0.4 is 14.8 Å². The molecule has 0 spiro atoms. The lowest BCUT2D eigenvalue weighted by Gasteiger charge is -2.28. The summed E-state index contributed by atoms with van der Waals surface area (Å²) in [6.45, 7) is 2.00. The third kappa shape index (κ3) is 5.25. The van der Waals surface area contributed by atoms with Gasteiger partial charge in [-0.2, -0.15) is 0 Å². The number of hydrogen-bond acceptors (Lipinski definition) is 4. The van der Waals surface area contributed by atoms with E-state index in [4.69, 9.17) is 9.47 Å². The van der Waals surface area contributed by atoms with Crippen LogP contribution in [-0.2, 0) is 11.3 Å². The van der Waals surface area contributed by atoms with E-state index in [1.54, 1.807) is 14.2 Å². The Morgan fingerprint density at radius 3 is 2.26 bits per heavy atom. The van der Waals surface area contributed by atoms with E-state index in [2.05, 4.69) is 53.8 Å². The molecule has 0 radical (unpaired) electrons. The van der Waals surface area contributed by atoms with E-state index in [0.29, 0.717) is 13.1 Å². The van der Waals surface area contributed by atoms with Crippen molar-refractivity contribution in [3.63, 3.8) is 0 Å². The second kappa shape index (κ2) is 10.4. The van der Waals surface area contributed by atoms with Crippen molar-refractivity contribution in [3.8, 4) is 22.6 Å². The van der Waals surface area contributed by atoms with Crippen molar-refractivity contribution in [3.05, 3.63) is 89.5 Å². The van der Waals surface area contributed by atoms with E-state index in [9.17, 15) is 4.79 Å². The Bertz CT molecular complexity index is 1210. The maximum absolute atomic E-state index is 14.0. The van der Waals surface area contributed by atoms with Gasteiger partial charge in [-0.15, -0.1) is 0 Å². The van der Waals surface area contributed by atoms with Gasteiger partial charge in [0.05, 0.1) is 14.2 Å². The molecule has 5 heteroatoms. The number of amides is 1. The molecule has 0 atom stereocenters. The van der Waals surface area contributed by atoms with Gasteiger partial charge in [-0.05, 0) is 71.8 Å². The number of methoxy groups -OCH3 is 2. The minimum absolute atomic E-state index is 0.126. The molecule has 1 amide bonds. The van der Waals surface area contributed by atoms with Gasteiger partial charge in [0.2, 0.25) is 0 Å². The van der Waals surface area contributed by atoms with E-state index in [1.165, 1.54) is 11.1 Å². The topological polar surface area (TPSA) is 50.8 Å². The lowest BCUT2D eigenvalue weighted by Crippen LogP contribution is -2.39. The first-order chi connectivity index (χ1) is 17.2. The Balaban J connectivity index is 1.48. The Morgan fingerprint density at radius 1 is 0.886 bits per heavy atom. The van der Waals surface area contributed by atoms with Crippen molar-refractivity contribution in [1.29, 1.82) is 0 Å². The molecule has 0 aromatic heterocycles. The number of nitrogens with zero attached hydrogens (tertiary/aromatic N) is 1. The predicted octanol–water partition coefficient (Wildman–Crippen LogP) is 5.31. The Morgan fingerprint density at radius 2 is 1.57 bits per heavy atom. The smallest absolute Gasteiger partial charge is 0.251 e. The van der Waals surface area contributed by atoms with Gasteiger partial charge in [-0.1, -0.05) is 48.5 Å². The third-order valence-corrected chi connectivity index (χ3v) is 6.81. The van der Waals surface area contributed by atoms with Gasteiger partial charge in [0.1, 0.15) is 11.5 Å². The van der Waals surface area contributed by atoms with E-state index < -0.39 is 0 Å². The quantitative estimate of drug-likeness (QED) is 0.487. The average molecular weight is 469 g/mol. The summed E-state index contributed by atoms with van der Waals surface area (Å²) in [4.78, 5) is 16.0. The molecule has 1 heterocycles. The fourth-order valence-electron chi connectivity index (χ4n) is 4.81. The summed E-state index contributed by atoms with van der Waals surface area (Å²) in [5.41, 5.74) is 6.53. The largest absolute Gasteiger partial charge is 0.497 e. The fraction of sp³-hybridized carbons (Fsp3) is 0.300. The van der Waals surface area contributed by atoms with Crippen LogP contribution in [0.5, 0.6) is 11.5 Å². The summed E-state index contributed by atoms with van der Waals surface area (Å²) in [6.07, 6.45) is 2.93. The van der Waals surface area contributed by atoms with Crippen LogP contribution >= 0.6 is 0 Å². The molecule has 2 aliphatic rings. The van der Waals surface area contributed by atoms with Gasteiger partial charge < -0.3 is 19.7 Å². The summed E-state index contributed by atoms with van der Waals surface area (Å²) < 4.78 is 10.9. The zero-order valence-corrected chi connectivity index (χ0v) is 20.4. The Kier molecular flexibility index (Phi) is 6.87. The summed E-state index contributed by atoms with van der Waals surface area (Å²) in [5, 5.41) is 3.43. The average Bonchev–Trinajstić information content (AvgIpc) is 3.77. The number of rotatable bonds is 8. The molecular formula is C30H32N2O3. The molecule has 1 fully saturated rings. The highest BCUT2D eigenvalue weighted by atomic mass is 16.5. The normalized spacial score (nSPS) is 15.6. The minimum atomic E-state index is 0.126. The standard InChI is InChI=1S/C30H32N2O3/c1-34-26-15-21(16-27(18-26)35-2)20-32(25-11-12-25)30(33)29-19-31-14-13-28(29)24-10-6-9-23(17-24)22-7-4-3-5-8-22/h3-10,15-18,25,31H,11-14,19-20H2,1-2H3. The maximum Gasteiger partial charge on any atom is 0.251 e. The zero-order chi connectivity index (χ0) is 24.2. The van der Waals surface area contributed by atoms with Crippen LogP contribution in [0.4, 0.5) is 0 Å². The van der Waals surface area contributed by atoms with E-state index in [-0.39, 0.29) is 11.9 Å². The molecule has 0 bridgehead atoms. The highest BCUT2D eigenvalue weighted by Crippen LogP contribution is 2.35. The van der Waals surface area contributed by atoms with Crippen LogP contribution in [-0.4, -0.2) is 44.2 Å². The fourth-order valence-corrected chi connectivity index (χ4v) is 4.81. The number of benzene rings is 3. The molecule has 3 aromatic carbocycles. The summed E-state index contributed by atoms with van der Waals surface area (Å²) in [5.74, 6) is 1.60. The van der Waals surface area contributed by atoms with Gasteiger partial charge in [-0.3, -0.25) is 4.79 Å². The van der Waals surface area contributed by atoms with Crippen molar-refractivity contribution >= 4 is 11.5 Å². The highest BCUT2D eigenvalue weighted by molar-refractivity contribution is 6.02. The molecule has 1 aliphatic heterocycles. The van der Waals surface area contributed by atoms with Crippen LogP contribution in [0, 0.1) is 0 Å². The number of nitrogens with one attached hydrogen (secondary N) is 1. The van der Waals surface area contributed by atoms with Gasteiger partial charge in [0, 0.05) is 30.8 Å². The molecule has 0 unspecified atom stereocenters. The predicted molar refractivity (Wildman–Crippen MR) is 139 cm³/mol. The molecule has 1 aliphatic carbocycles. The lowest BCUT2D eigenvalue weighted by molar-refractivity contribution is -0.128. The number of ether oxygens (including phenoxy) is 2. The Labute approximate surface area is 207 Å². The van der Waals surface area contributed by atoms with Gasteiger partial charge >= 0.3 is 0 Å². The first-order valence-electron chi connectivity index (χ1n) is 12.3. The molecule has 5 rings (SSSR count). The second-order valence-corrected chi connectivity index (χ2v) is 9.22. The SMILES string of the molecule is COc1cc(CN(C(=O)C2=C(c3cccc(-c4ccccc4)c3)CCNC2)C2CC2)cc(OC)c1. The first kappa shape index (κ1) is 23.2. The maximum atomic E-state index is 14.0. The summed E-state index contributed by atoms with van der Waals surface area (Å²) in [7, 11) is 3.30. The van der Waals surface area contributed by atoms with Gasteiger partial charge in [-0.25, -0.2) is 0 Å². The van der Waals surface area contributed by atoms with Gasteiger partial charge in [0.25, 0.3) is 5.91 Å². The monoisotopic (exact) mass is 468 g/mol. The first-order valence-corrected chi connectivity index (χ1v) is 12.3. The lowest BCUT2D eigenvalue weighted by atomic mass is 9.91. The molecule has 3 aromatic rings. The van der Waals surface area contributed by atoms with Crippen molar-refractivity contribution in [2.24, 2.45) is 0 Å². The van der Waals surface area contributed by atoms with Crippen molar-refractivity contribution in [1.82, 2.24) is 10.2 Å². The molecule has 1 N–H and O–H groups in total. The number of carbonyl (C=O) groups excluding carboxylic acids is 1. The summed E-state index contributed by atoms with van der Waals surface area (Å²) in [6, 6.07) is 25.1. The van der Waals surface area contributed by atoms with Crippen molar-refractivity contribution in [2.75, 3.05) is 27.3 Å². The van der Waals surface area contributed by atoms with Crippen molar-refractivity contribution in [2.45, 2.75) is 31.8 Å². The molecular weight excluding hydrogens is 436 g/mol. The number of carbonyl (C=O) groups is 1. The molecule has 0 saturated heterocycles. The van der Waals surface area contributed by atoms with Gasteiger partial charge in [0.15, 0.2) is 0 Å². The van der Waals surface area contributed by atoms with Crippen LogP contribution in [0.3, 0.4) is 0 Å². The molecule has 1 saturated carbocycles. The highest BCUT2D eigenvalue weighted by Gasteiger charge is 2.35.